The number of carbonyl (C=O) groups excluding carboxylic acids is 4. The van der Waals surface area contributed by atoms with Crippen LogP contribution in [-0.4, -0.2) is 117 Å². The number of nitrogens with one attached hydrogen (secondary N) is 4. The number of rotatable bonds is 16. The summed E-state index contributed by atoms with van der Waals surface area (Å²) >= 11 is 0. The molecule has 10 rings (SSSR count). The molecule has 4 amide bonds. The van der Waals surface area contributed by atoms with E-state index in [4.69, 9.17) is 33.7 Å². The molecule has 0 bridgehead atoms. The third-order valence-electron chi connectivity index (χ3n) is 15.6. The number of ether oxygens (including phenoxy) is 5. The van der Waals surface area contributed by atoms with Crippen LogP contribution in [0.5, 0.6) is 5.75 Å². The summed E-state index contributed by atoms with van der Waals surface area (Å²) in [6.07, 6.45) is 14.8. The highest BCUT2D eigenvalue weighted by Gasteiger charge is 2.40. The zero-order chi connectivity index (χ0) is 52.3. The van der Waals surface area contributed by atoms with Crippen LogP contribution in [0, 0.1) is 11.8 Å². The van der Waals surface area contributed by atoms with Crippen LogP contribution >= 0.6 is 0 Å². The van der Waals surface area contributed by atoms with Crippen LogP contribution in [0.25, 0.3) is 33.3 Å². The van der Waals surface area contributed by atoms with E-state index in [9.17, 15) is 19.2 Å². The Labute approximate surface area is 437 Å². The molecule has 3 aromatic heterocycles. The number of fused-ring (bicyclic) bond motifs is 4. The Balaban J connectivity index is 0.943. The number of carbonyl (C=O) groups is 4. The predicted molar refractivity (Wildman–Crippen MR) is 282 cm³/mol. The second-order valence-electron chi connectivity index (χ2n) is 21.2. The summed E-state index contributed by atoms with van der Waals surface area (Å²) < 4.78 is 31.6. The van der Waals surface area contributed by atoms with Crippen molar-refractivity contribution in [1.82, 2.24) is 44.9 Å². The molecule has 0 spiro atoms. The Morgan fingerprint density at radius 3 is 2.01 bits per heavy atom. The van der Waals surface area contributed by atoms with E-state index in [1.807, 2.05) is 62.0 Å². The summed E-state index contributed by atoms with van der Waals surface area (Å²) in [7, 11) is 2.59. The maximum Gasteiger partial charge on any atom is 0.407 e. The zero-order valence-corrected chi connectivity index (χ0v) is 44.0. The highest BCUT2D eigenvalue weighted by Crippen LogP contribution is 2.47. The number of amides is 4. The fraction of sp³-hybridized carbons (Fsp3) is 0.509. The monoisotopic (exact) mass is 1030 g/mol. The fourth-order valence-corrected chi connectivity index (χ4v) is 11.6. The lowest BCUT2D eigenvalue weighted by Crippen LogP contribution is -2.51. The molecule has 18 nitrogen and oxygen atoms in total. The number of aromatic nitrogens is 5. The second-order valence-corrected chi connectivity index (χ2v) is 21.2. The average Bonchev–Trinajstić information content (AvgIpc) is 4.30. The van der Waals surface area contributed by atoms with E-state index >= 15 is 0 Å². The van der Waals surface area contributed by atoms with Crippen LogP contribution in [0.1, 0.15) is 145 Å². The lowest BCUT2D eigenvalue weighted by Gasteiger charge is -2.33. The molecule has 2 aromatic carbocycles. The maximum absolute atomic E-state index is 13.9. The van der Waals surface area contributed by atoms with Crippen molar-refractivity contribution in [1.29, 1.82) is 0 Å². The molecule has 1 saturated carbocycles. The summed E-state index contributed by atoms with van der Waals surface area (Å²) in [6, 6.07) is 14.8. The molecule has 5 aliphatic rings. The number of nitrogens with zero attached hydrogens (tertiary/aromatic N) is 5. The second kappa shape index (κ2) is 22.4. The molecule has 2 aliphatic carbocycles. The topological polar surface area (TPSA) is 207 Å². The fourth-order valence-electron chi connectivity index (χ4n) is 11.6. The Morgan fingerprint density at radius 1 is 0.733 bits per heavy atom. The summed E-state index contributed by atoms with van der Waals surface area (Å²) in [5, 5.41) is 6.51. The minimum Gasteiger partial charge on any atom is -0.491 e. The van der Waals surface area contributed by atoms with Gasteiger partial charge in [0, 0.05) is 35.2 Å². The number of methoxy groups -OCH3 is 2. The molecule has 5 aromatic rings. The minimum absolute atomic E-state index is 0.136. The molecule has 0 radical (unpaired) electrons. The first-order valence-corrected chi connectivity index (χ1v) is 26.9. The molecule has 398 valence electrons. The first-order valence-electron chi connectivity index (χ1n) is 26.9. The quantitative estimate of drug-likeness (QED) is 0.0684. The molecule has 5 unspecified atom stereocenters. The Hall–Kier alpha value is -7.08. The highest BCUT2D eigenvalue weighted by atomic mass is 16.5. The van der Waals surface area contributed by atoms with E-state index < -0.39 is 30.5 Å². The Bertz CT molecular complexity index is 2960. The summed E-state index contributed by atoms with van der Waals surface area (Å²) in [5.41, 5.74) is 7.80. The smallest absolute Gasteiger partial charge is 0.407 e. The standard InChI is InChI=1S/C57H71N9O9/c1-33(2)49(62-56(69)71-5)53(67)64-23-11-17-45(64)51-58-31-42(60-51)35-20-22-44-38(27-35)29-47-41-21-19-36(43-32-59-52(61-43)46-18-12-24-65(46)54(68)50(34(3)4)63-57(70)72-6)30-48(41)75-55(66(44)47)37-13-10-16-40(28-37)74-26-25-73-39-14-8-7-9-15-39/h10,13,16,20,22,27-34,39,45-46,49-50,55H,7-9,11-12,14-15,17-19,21,23-26H2,1-6H3,(H,58,60)(H,59,61)(H,62,69)(H,63,70). The third-order valence-corrected chi connectivity index (χ3v) is 15.6. The van der Waals surface area contributed by atoms with Crippen molar-refractivity contribution in [2.75, 3.05) is 40.5 Å². The van der Waals surface area contributed by atoms with E-state index in [1.165, 1.54) is 33.5 Å². The van der Waals surface area contributed by atoms with Crippen molar-refractivity contribution in [3.63, 3.8) is 0 Å². The van der Waals surface area contributed by atoms with E-state index in [1.54, 1.807) is 0 Å². The first-order chi connectivity index (χ1) is 36.4. The summed E-state index contributed by atoms with van der Waals surface area (Å²) in [5.74, 6) is 2.35. The van der Waals surface area contributed by atoms with Gasteiger partial charge in [-0.05, 0) is 105 Å². The number of H-pyrrole nitrogens is 2. The molecule has 5 atom stereocenters. The van der Waals surface area contributed by atoms with Gasteiger partial charge in [-0.2, -0.15) is 0 Å². The van der Waals surface area contributed by atoms with Crippen molar-refractivity contribution in [3.8, 4) is 17.0 Å². The van der Waals surface area contributed by atoms with E-state index in [2.05, 4.69) is 67.6 Å². The largest absolute Gasteiger partial charge is 0.491 e. The lowest BCUT2D eigenvalue weighted by molar-refractivity contribution is -0.136. The van der Waals surface area contributed by atoms with Gasteiger partial charge in [0.15, 0.2) is 0 Å². The number of benzene rings is 2. The molecule has 4 N–H and O–H groups in total. The Kier molecular flexibility index (Phi) is 15.4. The lowest BCUT2D eigenvalue weighted by atomic mass is 9.92. The van der Waals surface area contributed by atoms with E-state index in [-0.39, 0.29) is 35.7 Å². The number of allylic oxidation sites excluding steroid dienone is 3. The number of alkyl carbamates (subject to hydrolysis) is 2. The number of hydrogen-bond acceptors (Lipinski definition) is 11. The predicted octanol–water partition coefficient (Wildman–Crippen LogP) is 9.74. The highest BCUT2D eigenvalue weighted by molar-refractivity contribution is 5.92. The molecule has 6 heterocycles. The molecular formula is C57H71N9O9. The molecule has 3 fully saturated rings. The van der Waals surface area contributed by atoms with Gasteiger partial charge >= 0.3 is 12.2 Å². The zero-order valence-electron chi connectivity index (χ0n) is 44.0. The number of imidazole rings is 2. The molecule has 75 heavy (non-hydrogen) atoms. The van der Waals surface area contributed by atoms with Gasteiger partial charge in [0.25, 0.3) is 0 Å². The number of likely N-dealkylation sites (tertiary alicyclic amines) is 2. The molecule has 2 saturated heterocycles. The van der Waals surface area contributed by atoms with Crippen molar-refractivity contribution in [3.05, 3.63) is 101 Å². The summed E-state index contributed by atoms with van der Waals surface area (Å²) in [4.78, 5) is 72.7. The van der Waals surface area contributed by atoms with Gasteiger partial charge in [-0.1, -0.05) is 65.2 Å². The molecular weight excluding hydrogens is 955 g/mol. The van der Waals surface area contributed by atoms with Gasteiger partial charge in [0.2, 0.25) is 18.0 Å². The van der Waals surface area contributed by atoms with Crippen LogP contribution in [0.3, 0.4) is 0 Å². The van der Waals surface area contributed by atoms with E-state index in [0.29, 0.717) is 50.5 Å². The van der Waals surface area contributed by atoms with Crippen LogP contribution in [0.15, 0.2) is 72.8 Å². The van der Waals surface area contributed by atoms with Crippen molar-refractivity contribution in [2.45, 2.75) is 135 Å². The summed E-state index contributed by atoms with van der Waals surface area (Å²) in [6.45, 7) is 9.75. The van der Waals surface area contributed by atoms with Gasteiger partial charge in [-0.3, -0.25) is 9.59 Å². The van der Waals surface area contributed by atoms with Crippen molar-refractivity contribution < 1.29 is 42.9 Å². The van der Waals surface area contributed by atoms with Gasteiger partial charge < -0.3 is 58.7 Å². The van der Waals surface area contributed by atoms with Crippen LogP contribution in [0.4, 0.5) is 9.59 Å². The first kappa shape index (κ1) is 51.4. The van der Waals surface area contributed by atoms with Crippen LogP contribution < -0.4 is 15.4 Å². The molecule has 18 heteroatoms. The van der Waals surface area contributed by atoms with Gasteiger partial charge in [-0.15, -0.1) is 0 Å². The van der Waals surface area contributed by atoms with Gasteiger partial charge in [-0.25, -0.2) is 19.6 Å². The Morgan fingerprint density at radius 2 is 1.37 bits per heavy atom. The average molecular weight is 1030 g/mol. The molecule has 3 aliphatic heterocycles. The van der Waals surface area contributed by atoms with Gasteiger partial charge in [0.05, 0.1) is 74.0 Å². The van der Waals surface area contributed by atoms with Crippen LogP contribution in [0.2, 0.25) is 0 Å². The maximum atomic E-state index is 13.9. The van der Waals surface area contributed by atoms with Crippen molar-refractivity contribution >= 4 is 46.0 Å². The van der Waals surface area contributed by atoms with Crippen LogP contribution in [-0.2, 0) is 28.5 Å². The van der Waals surface area contributed by atoms with E-state index in [0.717, 1.165) is 107 Å². The number of hydrogen-bond donors (Lipinski definition) is 4. The minimum atomic E-state index is -0.724. The number of aromatic amines is 2. The van der Waals surface area contributed by atoms with Crippen molar-refractivity contribution in [2.24, 2.45) is 11.8 Å². The SMILES string of the molecule is COC(=O)NC(C(=O)N1CCCC1c1ncc(C2=CC3=C(CC2)c2cc4cc(-c5cnc(C6CCCN6C(=O)C(NC(=O)OC)C(C)C)[nH]5)ccc4n2C(c2cccc(OCCOC4CCCCC4)c2)O3)[nH]1)C(C)C. The van der Waals surface area contributed by atoms with Gasteiger partial charge in [0.1, 0.15) is 41.8 Å². The third kappa shape index (κ3) is 10.8. The normalized spacial score (nSPS) is 20.6.